The lowest BCUT2D eigenvalue weighted by Crippen LogP contribution is -2.54. The molecule has 3 aliphatic rings. The molecule has 0 aromatic heterocycles. The molecular formula is C25H26N2O14P2. The number of nitrogens with zero attached hydrogens (tertiary/aromatic N) is 1. The lowest BCUT2D eigenvalue weighted by atomic mass is 10.1. The highest BCUT2D eigenvalue weighted by Crippen LogP contribution is 2.60. The van der Waals surface area contributed by atoms with Gasteiger partial charge in [0.05, 0.1) is 18.8 Å². The molecule has 2 amide bonds. The number of urea groups is 1. The summed E-state index contributed by atoms with van der Waals surface area (Å²) >= 11 is 0. The van der Waals surface area contributed by atoms with Gasteiger partial charge in [-0.15, -0.1) is 0 Å². The molecule has 6 N–H and O–H groups in total. The van der Waals surface area contributed by atoms with E-state index in [2.05, 4.69) is 14.2 Å². The van der Waals surface area contributed by atoms with Crippen molar-refractivity contribution in [2.75, 3.05) is 6.61 Å². The summed E-state index contributed by atoms with van der Waals surface area (Å²) in [6.07, 6.45) is -4.04. The molecule has 1 saturated heterocycles. The topological polar surface area (TPSA) is 231 Å². The number of amides is 2. The second-order valence-electron chi connectivity index (χ2n) is 9.50. The van der Waals surface area contributed by atoms with Crippen LogP contribution in [0.4, 0.5) is 4.79 Å². The van der Waals surface area contributed by atoms with Crippen molar-refractivity contribution >= 4 is 33.4 Å². The predicted molar refractivity (Wildman–Crippen MR) is 143 cm³/mol. The largest absolute Gasteiger partial charge is 0.481 e. The fourth-order valence-electron chi connectivity index (χ4n) is 4.41. The summed E-state index contributed by atoms with van der Waals surface area (Å²) < 4.78 is 49.5. The number of carboxylic acids is 1. The number of phosphoric ester groups is 2. The Hall–Kier alpha value is -3.40. The van der Waals surface area contributed by atoms with Crippen LogP contribution in [0.5, 0.6) is 0 Å². The fourth-order valence-corrected chi connectivity index (χ4v) is 6.48. The molecule has 0 saturated carbocycles. The Bertz CT molecular complexity index is 1550. The Morgan fingerprint density at radius 3 is 2.44 bits per heavy atom. The van der Waals surface area contributed by atoms with Crippen LogP contribution in [0.25, 0.3) is 5.76 Å². The Labute approximate surface area is 243 Å². The van der Waals surface area contributed by atoms with Gasteiger partial charge in [0.25, 0.3) is 0 Å². The minimum Gasteiger partial charge on any atom is -0.478 e. The molecule has 3 aliphatic heterocycles. The quantitative estimate of drug-likeness (QED) is 0.193. The van der Waals surface area contributed by atoms with Crippen LogP contribution in [0.15, 0.2) is 72.4 Å². The van der Waals surface area contributed by atoms with Crippen molar-refractivity contribution in [1.29, 1.82) is 0 Å². The molecule has 43 heavy (non-hydrogen) atoms. The first-order chi connectivity index (χ1) is 20.3. The highest BCUT2D eigenvalue weighted by molar-refractivity contribution is 7.61. The molecule has 0 bridgehead atoms. The third kappa shape index (κ3) is 7.22. The second-order valence-corrected chi connectivity index (χ2v) is 12.5. The van der Waals surface area contributed by atoms with Crippen LogP contribution >= 0.6 is 15.6 Å². The van der Waals surface area contributed by atoms with Gasteiger partial charge in [0.15, 0.2) is 6.23 Å². The number of aromatic carboxylic acids is 1. The first kappa shape index (κ1) is 31.0. The molecule has 5 rings (SSSR count). The Morgan fingerprint density at radius 1 is 1.00 bits per heavy atom. The number of hydrogen-bond donors (Lipinski definition) is 6. The standard InChI is InChI=1S/C25H26N2O14P2/c28-20-19(13-38-43(35,36)41-42(33,34)37-12-14-5-4-8-16(9-14)24(30)31)40-23(21(20)29)27-11-17-10-18(15-6-2-1-3-7-15)39-22(17)26-25(27)32/h1-11,19-23,28-29H,12-13H2,(H,26,32)(H,30,31)(H,33,34)(H,35,36). The number of carboxylic acid groups (broad SMARTS) is 1. The zero-order valence-electron chi connectivity index (χ0n) is 21.9. The van der Waals surface area contributed by atoms with Crippen molar-refractivity contribution in [2.45, 2.75) is 37.4 Å². The van der Waals surface area contributed by atoms with E-state index in [1.165, 1.54) is 24.4 Å². The molecule has 0 spiro atoms. The number of nitrogens with one attached hydrogen (secondary N) is 1. The maximum atomic E-state index is 12.8. The molecule has 230 valence electrons. The van der Waals surface area contributed by atoms with Crippen molar-refractivity contribution in [2.24, 2.45) is 0 Å². The van der Waals surface area contributed by atoms with Crippen molar-refractivity contribution in [1.82, 2.24) is 10.2 Å². The van der Waals surface area contributed by atoms with E-state index < -0.39 is 71.6 Å². The maximum absolute atomic E-state index is 12.8. The molecule has 16 nitrogen and oxygen atoms in total. The minimum atomic E-state index is -5.31. The van der Waals surface area contributed by atoms with Gasteiger partial charge in [0.2, 0.25) is 6.23 Å². The predicted octanol–water partition coefficient (Wildman–Crippen LogP) is 1.89. The van der Waals surface area contributed by atoms with Crippen LogP contribution in [-0.2, 0) is 38.6 Å². The van der Waals surface area contributed by atoms with Crippen molar-refractivity contribution in [3.05, 3.63) is 89.1 Å². The molecule has 18 heteroatoms. The van der Waals surface area contributed by atoms with E-state index in [1.54, 1.807) is 6.08 Å². The van der Waals surface area contributed by atoms with E-state index in [0.29, 0.717) is 11.3 Å². The number of benzene rings is 2. The van der Waals surface area contributed by atoms with Gasteiger partial charge in [-0.25, -0.2) is 18.7 Å². The van der Waals surface area contributed by atoms with Gasteiger partial charge >= 0.3 is 27.6 Å². The number of hydrogen-bond acceptors (Lipinski definition) is 11. The molecule has 0 aliphatic carbocycles. The lowest BCUT2D eigenvalue weighted by Gasteiger charge is -2.33. The third-order valence-corrected chi connectivity index (χ3v) is 9.05. The molecule has 2 aromatic carbocycles. The zero-order valence-corrected chi connectivity index (χ0v) is 23.7. The number of rotatable bonds is 11. The normalized spacial score (nSPS) is 27.7. The van der Waals surface area contributed by atoms with E-state index in [9.17, 15) is 38.7 Å². The van der Waals surface area contributed by atoms with Crippen LogP contribution in [0.3, 0.4) is 0 Å². The Kier molecular flexibility index (Phi) is 8.88. The summed E-state index contributed by atoms with van der Waals surface area (Å²) in [6, 6.07) is 13.6. The summed E-state index contributed by atoms with van der Waals surface area (Å²) in [5.74, 6) is -0.749. The van der Waals surface area contributed by atoms with E-state index in [-0.39, 0.29) is 11.1 Å². The summed E-state index contributed by atoms with van der Waals surface area (Å²) in [5.41, 5.74) is 1.33. The van der Waals surface area contributed by atoms with E-state index >= 15 is 0 Å². The summed E-state index contributed by atoms with van der Waals surface area (Å²) in [4.78, 5) is 44.7. The summed E-state index contributed by atoms with van der Waals surface area (Å²) in [7, 11) is -10.5. The monoisotopic (exact) mass is 640 g/mol. The van der Waals surface area contributed by atoms with E-state index in [1.807, 2.05) is 30.3 Å². The van der Waals surface area contributed by atoms with Gasteiger partial charge in [0, 0.05) is 17.3 Å². The average molecular weight is 640 g/mol. The maximum Gasteiger partial charge on any atom is 0.481 e. The molecule has 3 heterocycles. The first-order valence-corrected chi connectivity index (χ1v) is 15.6. The molecule has 2 aromatic rings. The highest BCUT2D eigenvalue weighted by Gasteiger charge is 2.49. The van der Waals surface area contributed by atoms with Crippen LogP contribution < -0.4 is 5.32 Å². The van der Waals surface area contributed by atoms with Gasteiger partial charge < -0.3 is 34.6 Å². The summed E-state index contributed by atoms with van der Waals surface area (Å²) in [6.45, 7) is -1.55. The Morgan fingerprint density at radius 2 is 1.72 bits per heavy atom. The Balaban J connectivity index is 1.18. The van der Waals surface area contributed by atoms with Crippen molar-refractivity contribution < 1.29 is 66.7 Å². The summed E-state index contributed by atoms with van der Waals surface area (Å²) in [5, 5.41) is 32.7. The van der Waals surface area contributed by atoms with Crippen molar-refractivity contribution in [3.63, 3.8) is 0 Å². The SMILES string of the molecule is O=C(O)c1cccc(COP(=O)(O)OP(=O)(O)OCC2OC(N3C=C4C=C(c5ccccc5)OC4NC3=O)C(O)C2O)c1. The number of carbonyl (C=O) groups excluding carboxylic acids is 1. The molecule has 0 radical (unpaired) electrons. The molecular weight excluding hydrogens is 614 g/mol. The smallest absolute Gasteiger partial charge is 0.478 e. The van der Waals surface area contributed by atoms with Crippen molar-refractivity contribution in [3.8, 4) is 0 Å². The lowest BCUT2D eigenvalue weighted by molar-refractivity contribution is -0.0672. The third-order valence-electron chi connectivity index (χ3n) is 6.47. The number of carbonyl (C=O) groups is 2. The van der Waals surface area contributed by atoms with Gasteiger partial charge in [0.1, 0.15) is 24.1 Å². The van der Waals surface area contributed by atoms with Gasteiger partial charge in [-0.3, -0.25) is 19.3 Å². The van der Waals surface area contributed by atoms with E-state index in [0.717, 1.165) is 16.5 Å². The zero-order chi connectivity index (χ0) is 30.9. The van der Waals surface area contributed by atoms with E-state index in [4.69, 9.17) is 19.1 Å². The molecule has 1 fully saturated rings. The fraction of sp³-hybridized carbons (Fsp3) is 0.280. The number of aliphatic hydroxyl groups excluding tert-OH is 2. The van der Waals surface area contributed by atoms with Crippen LogP contribution in [0, 0.1) is 0 Å². The average Bonchev–Trinajstić information content (AvgIpc) is 3.50. The first-order valence-electron chi connectivity index (χ1n) is 12.6. The number of phosphoric acid groups is 2. The van der Waals surface area contributed by atoms with Gasteiger partial charge in [-0.1, -0.05) is 42.5 Å². The number of aliphatic hydroxyl groups is 2. The molecule has 7 atom stereocenters. The van der Waals surface area contributed by atoms with Gasteiger partial charge in [-0.05, 0) is 23.8 Å². The van der Waals surface area contributed by atoms with Crippen LogP contribution in [-0.4, -0.2) is 79.4 Å². The number of ether oxygens (including phenoxy) is 2. The molecule has 7 unspecified atom stereocenters. The highest BCUT2D eigenvalue weighted by atomic mass is 31.3. The van der Waals surface area contributed by atoms with Crippen LogP contribution in [0.2, 0.25) is 0 Å². The number of fused-ring (bicyclic) bond motifs is 1. The van der Waals surface area contributed by atoms with Gasteiger partial charge in [-0.2, -0.15) is 4.31 Å². The van der Waals surface area contributed by atoms with Crippen LogP contribution in [0.1, 0.15) is 21.5 Å². The second kappa shape index (κ2) is 12.3. The minimum absolute atomic E-state index is 0.121.